The fourth-order valence-electron chi connectivity index (χ4n) is 4.32. The summed E-state index contributed by atoms with van der Waals surface area (Å²) in [6.07, 6.45) is 10.3. The van der Waals surface area contributed by atoms with Gasteiger partial charge in [0.05, 0.1) is 12.2 Å². The SMILES string of the molecule is CCCCCCCC(=O)Oc1c(OC(C)C)c(OC(C)C)c(OC(=O)CCCCCCC)c2cc(Cl)ccc12. The normalized spacial score (nSPS) is 11.3. The Morgan fingerprint density at radius 3 is 1.51 bits per heavy atom. The van der Waals surface area contributed by atoms with Crippen LogP contribution in [0, 0.1) is 0 Å². The van der Waals surface area contributed by atoms with Gasteiger partial charge < -0.3 is 18.9 Å². The van der Waals surface area contributed by atoms with Gasteiger partial charge in [-0.1, -0.05) is 76.8 Å². The molecule has 2 aromatic rings. The molecule has 6 nitrogen and oxygen atoms in total. The highest BCUT2D eigenvalue weighted by Crippen LogP contribution is 2.52. The Labute approximate surface area is 239 Å². The Kier molecular flexibility index (Phi) is 14.5. The summed E-state index contributed by atoms with van der Waals surface area (Å²) in [7, 11) is 0. The minimum Gasteiger partial charge on any atom is -0.484 e. The zero-order valence-electron chi connectivity index (χ0n) is 24.7. The van der Waals surface area contributed by atoms with Gasteiger partial charge in [-0.15, -0.1) is 0 Å². The summed E-state index contributed by atoms with van der Waals surface area (Å²) in [5, 5.41) is 1.55. The third-order valence-corrected chi connectivity index (χ3v) is 6.43. The van der Waals surface area contributed by atoms with Crippen LogP contribution in [0.1, 0.15) is 119 Å². The van der Waals surface area contributed by atoms with Crippen LogP contribution in [0.25, 0.3) is 10.8 Å². The van der Waals surface area contributed by atoms with Crippen molar-refractivity contribution >= 4 is 34.3 Å². The minimum absolute atomic E-state index is 0.231. The van der Waals surface area contributed by atoms with E-state index in [1.165, 1.54) is 0 Å². The van der Waals surface area contributed by atoms with Gasteiger partial charge in [-0.25, -0.2) is 0 Å². The molecule has 0 aromatic heterocycles. The van der Waals surface area contributed by atoms with E-state index in [1.54, 1.807) is 18.2 Å². The molecule has 2 rings (SSSR count). The van der Waals surface area contributed by atoms with E-state index in [0.29, 0.717) is 28.6 Å². The van der Waals surface area contributed by atoms with Crippen molar-refractivity contribution in [2.24, 2.45) is 0 Å². The van der Waals surface area contributed by atoms with Gasteiger partial charge in [0, 0.05) is 28.6 Å². The number of hydrogen-bond acceptors (Lipinski definition) is 6. The summed E-state index contributed by atoms with van der Waals surface area (Å²) < 4.78 is 24.3. The van der Waals surface area contributed by atoms with Crippen molar-refractivity contribution in [1.29, 1.82) is 0 Å². The van der Waals surface area contributed by atoms with Gasteiger partial charge in [0.1, 0.15) is 0 Å². The zero-order valence-corrected chi connectivity index (χ0v) is 25.5. The first-order chi connectivity index (χ1) is 18.7. The van der Waals surface area contributed by atoms with Gasteiger partial charge in [0.2, 0.25) is 11.5 Å². The maximum atomic E-state index is 13.0. The van der Waals surface area contributed by atoms with Gasteiger partial charge in [-0.05, 0) is 58.7 Å². The molecule has 0 aliphatic heterocycles. The molecule has 0 spiro atoms. The monoisotopic (exact) mass is 562 g/mol. The van der Waals surface area contributed by atoms with Crippen LogP contribution in [0.4, 0.5) is 0 Å². The number of halogens is 1. The molecule has 0 atom stereocenters. The first-order valence-electron chi connectivity index (χ1n) is 14.7. The Morgan fingerprint density at radius 1 is 0.641 bits per heavy atom. The van der Waals surface area contributed by atoms with Crippen LogP contribution in [0.3, 0.4) is 0 Å². The van der Waals surface area contributed by atoms with Crippen molar-refractivity contribution in [1.82, 2.24) is 0 Å². The molecule has 0 amide bonds. The number of fused-ring (bicyclic) bond motifs is 1. The van der Waals surface area contributed by atoms with Gasteiger partial charge in [0.15, 0.2) is 11.5 Å². The zero-order chi connectivity index (χ0) is 28.8. The molecule has 0 bridgehead atoms. The molecule has 218 valence electrons. The second-order valence-corrected chi connectivity index (χ2v) is 11.1. The number of esters is 2. The number of unbranched alkanes of at least 4 members (excludes halogenated alkanes) is 8. The lowest BCUT2D eigenvalue weighted by atomic mass is 10.1. The molecule has 0 heterocycles. The molecule has 2 aromatic carbocycles. The summed E-state index contributed by atoms with van der Waals surface area (Å²) in [5.74, 6) is 0.272. The first kappa shape index (κ1) is 32.7. The van der Waals surface area contributed by atoms with Crippen molar-refractivity contribution < 1.29 is 28.5 Å². The molecule has 7 heteroatoms. The van der Waals surface area contributed by atoms with Crippen molar-refractivity contribution in [3.05, 3.63) is 23.2 Å². The van der Waals surface area contributed by atoms with Crippen LogP contribution >= 0.6 is 11.6 Å². The average Bonchev–Trinajstić information content (AvgIpc) is 2.87. The number of rotatable bonds is 18. The van der Waals surface area contributed by atoms with Crippen molar-refractivity contribution in [2.45, 2.75) is 131 Å². The van der Waals surface area contributed by atoms with Crippen LogP contribution in [0.2, 0.25) is 5.02 Å². The van der Waals surface area contributed by atoms with E-state index >= 15 is 0 Å². The highest BCUT2D eigenvalue weighted by molar-refractivity contribution is 6.31. The van der Waals surface area contributed by atoms with Crippen molar-refractivity contribution in [3.8, 4) is 23.0 Å². The van der Waals surface area contributed by atoms with Crippen LogP contribution < -0.4 is 18.9 Å². The first-order valence-corrected chi connectivity index (χ1v) is 15.1. The van der Waals surface area contributed by atoms with Gasteiger partial charge in [-0.2, -0.15) is 0 Å². The van der Waals surface area contributed by atoms with E-state index < -0.39 is 0 Å². The van der Waals surface area contributed by atoms with E-state index in [4.69, 9.17) is 30.5 Å². The molecule has 0 unspecified atom stereocenters. The van der Waals surface area contributed by atoms with E-state index in [0.717, 1.165) is 64.2 Å². The fourth-order valence-corrected chi connectivity index (χ4v) is 4.49. The maximum Gasteiger partial charge on any atom is 0.311 e. The van der Waals surface area contributed by atoms with Crippen LogP contribution in [0.5, 0.6) is 23.0 Å². The number of carbonyl (C=O) groups is 2. The molecular weight excluding hydrogens is 516 g/mol. The molecule has 0 fully saturated rings. The van der Waals surface area contributed by atoms with E-state index in [9.17, 15) is 9.59 Å². The third kappa shape index (κ3) is 10.9. The topological polar surface area (TPSA) is 71.1 Å². The van der Waals surface area contributed by atoms with Crippen molar-refractivity contribution in [2.75, 3.05) is 0 Å². The third-order valence-electron chi connectivity index (χ3n) is 6.20. The average molecular weight is 563 g/mol. The molecule has 39 heavy (non-hydrogen) atoms. The van der Waals surface area contributed by atoms with Crippen molar-refractivity contribution in [3.63, 3.8) is 0 Å². The summed E-state index contributed by atoms with van der Waals surface area (Å²) >= 11 is 6.39. The lowest BCUT2D eigenvalue weighted by Crippen LogP contribution is -2.17. The Hall–Kier alpha value is -2.47. The number of benzene rings is 2. The summed E-state index contributed by atoms with van der Waals surface area (Å²) in [5.41, 5.74) is 0. The predicted octanol–water partition coefficient (Wildman–Crippen LogP) is 9.60. The fraction of sp³-hybridized carbons (Fsp3) is 0.625. The van der Waals surface area contributed by atoms with E-state index in [2.05, 4.69) is 13.8 Å². The quantitative estimate of drug-likeness (QED) is 0.102. The van der Waals surface area contributed by atoms with Crippen LogP contribution in [-0.2, 0) is 9.59 Å². The summed E-state index contributed by atoms with van der Waals surface area (Å²) in [4.78, 5) is 25.9. The number of hydrogen-bond donors (Lipinski definition) is 0. The maximum absolute atomic E-state index is 13.0. The largest absolute Gasteiger partial charge is 0.484 e. The Bertz CT molecular complexity index is 1060. The lowest BCUT2D eigenvalue weighted by Gasteiger charge is -2.24. The van der Waals surface area contributed by atoms with E-state index in [1.807, 2.05) is 27.7 Å². The molecule has 0 radical (unpaired) electrons. The molecule has 0 aliphatic rings. The Morgan fingerprint density at radius 2 is 1.08 bits per heavy atom. The van der Waals surface area contributed by atoms with Gasteiger partial charge in [0.25, 0.3) is 0 Å². The molecule has 0 N–H and O–H groups in total. The van der Waals surface area contributed by atoms with Crippen LogP contribution in [0.15, 0.2) is 18.2 Å². The lowest BCUT2D eigenvalue weighted by molar-refractivity contribution is -0.135. The minimum atomic E-state index is -0.353. The number of carbonyl (C=O) groups excluding carboxylic acids is 2. The Balaban J connectivity index is 2.52. The summed E-state index contributed by atoms with van der Waals surface area (Å²) in [6.45, 7) is 11.8. The molecule has 0 saturated heterocycles. The highest BCUT2D eigenvalue weighted by atomic mass is 35.5. The standard InChI is InChI=1S/C32H47ClO6/c1-7-9-11-13-15-17-27(34)38-29-25-20-19-24(33)21-26(25)30(39-28(35)18-16-14-12-10-8-2)32(37-23(5)6)31(29)36-22(3)4/h19-23H,7-18H2,1-6H3. The van der Waals surface area contributed by atoms with Gasteiger partial charge >= 0.3 is 11.9 Å². The predicted molar refractivity (Wildman–Crippen MR) is 159 cm³/mol. The molecule has 0 aliphatic carbocycles. The highest BCUT2D eigenvalue weighted by Gasteiger charge is 2.29. The van der Waals surface area contributed by atoms with E-state index in [-0.39, 0.29) is 47.1 Å². The smallest absolute Gasteiger partial charge is 0.311 e. The second kappa shape index (κ2) is 17.3. The van der Waals surface area contributed by atoms with Gasteiger partial charge in [-0.3, -0.25) is 9.59 Å². The molecule has 0 saturated carbocycles. The van der Waals surface area contributed by atoms with Crippen LogP contribution in [-0.4, -0.2) is 24.1 Å². The summed E-state index contributed by atoms with van der Waals surface area (Å²) in [6, 6.07) is 5.18. The second-order valence-electron chi connectivity index (χ2n) is 10.6. The molecular formula is C32H47ClO6. The number of ether oxygens (including phenoxy) is 4.